The quantitative estimate of drug-likeness (QED) is 0.188. The highest BCUT2D eigenvalue weighted by Crippen LogP contribution is 2.44. The maximum Gasteiger partial charge on any atom is 0.207 e. The van der Waals surface area contributed by atoms with E-state index in [1.165, 1.54) is 5.57 Å². The summed E-state index contributed by atoms with van der Waals surface area (Å²) in [5, 5.41) is 0. The van der Waals surface area contributed by atoms with Crippen molar-refractivity contribution in [3.05, 3.63) is 174 Å². The Hall–Kier alpha value is -5.65. The summed E-state index contributed by atoms with van der Waals surface area (Å²) in [4.78, 5) is 11.3. The number of rotatable bonds is 5. The summed E-state index contributed by atoms with van der Waals surface area (Å²) in [5.41, 5.74) is 11.8. The Bertz CT molecular complexity index is 2410. The first kappa shape index (κ1) is 29.7. The van der Waals surface area contributed by atoms with Crippen LogP contribution in [0.5, 0.6) is 0 Å². The van der Waals surface area contributed by atoms with E-state index in [1.807, 2.05) is 54.6 Å². The molecule has 0 aliphatic carbocycles. The molecule has 6 aromatic rings. The van der Waals surface area contributed by atoms with Crippen LogP contribution in [0.3, 0.4) is 0 Å². The van der Waals surface area contributed by atoms with Gasteiger partial charge in [-0.2, -0.15) is 0 Å². The summed E-state index contributed by atoms with van der Waals surface area (Å²) in [6, 6.07) is 50.4. The van der Waals surface area contributed by atoms with Crippen molar-refractivity contribution in [2.45, 2.75) is 29.6 Å². The van der Waals surface area contributed by atoms with Crippen LogP contribution in [0.1, 0.15) is 36.5 Å². The number of hydrogen-bond acceptors (Lipinski definition) is 4. The molecular weight excluding hydrogens is 609 g/mol. The SMILES string of the molecule is CC1=C(c2cccc(-c3ccccc3)c2)N=C(c2cccc(-c3ccc4c(c3)-c3ccccc3S4(=O)=O)c2)N=C(c2ccccc2)CC1. The second-order valence-corrected chi connectivity index (χ2v) is 14.1. The van der Waals surface area contributed by atoms with Crippen molar-refractivity contribution >= 4 is 27.1 Å². The van der Waals surface area contributed by atoms with Gasteiger partial charge < -0.3 is 0 Å². The zero-order valence-electron chi connectivity index (χ0n) is 26.5. The number of nitrogens with zero attached hydrogens (tertiary/aromatic N) is 2. The first-order valence-corrected chi connectivity index (χ1v) is 17.6. The topological polar surface area (TPSA) is 58.9 Å². The monoisotopic (exact) mass is 640 g/mol. The smallest absolute Gasteiger partial charge is 0.207 e. The maximum absolute atomic E-state index is 13.2. The average molecular weight is 641 g/mol. The van der Waals surface area contributed by atoms with Crippen molar-refractivity contribution in [2.75, 3.05) is 0 Å². The van der Waals surface area contributed by atoms with E-state index in [-0.39, 0.29) is 0 Å². The standard InChI is InChI=1S/C43H32N2O2S/c1-29-22-24-39(31-14-6-3-7-15-31)44-43(45-42(29)35-18-10-16-32(26-35)30-12-4-2-5-13-30)36-19-11-17-33(27-36)34-23-25-41-38(28-34)37-20-8-9-21-40(37)48(41,46)47/h2-21,23,25-28H,22,24H2,1H3. The lowest BCUT2D eigenvalue weighted by Crippen LogP contribution is -2.10. The Kier molecular flexibility index (Phi) is 7.54. The third-order valence-corrected chi connectivity index (χ3v) is 11.0. The zero-order chi connectivity index (χ0) is 32.7. The van der Waals surface area contributed by atoms with E-state index in [1.54, 1.807) is 18.2 Å². The van der Waals surface area contributed by atoms with E-state index < -0.39 is 9.84 Å². The van der Waals surface area contributed by atoms with E-state index in [2.05, 4.69) is 85.8 Å². The summed E-state index contributed by atoms with van der Waals surface area (Å²) in [7, 11) is -3.53. The molecule has 232 valence electrons. The third-order valence-electron chi connectivity index (χ3n) is 9.14. The highest BCUT2D eigenvalue weighted by atomic mass is 32.2. The largest absolute Gasteiger partial charge is 0.232 e. The van der Waals surface area contributed by atoms with Gasteiger partial charge in [-0.1, -0.05) is 121 Å². The molecule has 0 unspecified atom stereocenters. The van der Waals surface area contributed by atoms with Crippen LogP contribution in [-0.4, -0.2) is 20.0 Å². The minimum atomic E-state index is -3.53. The molecule has 0 fully saturated rings. The molecule has 2 aliphatic rings. The van der Waals surface area contributed by atoms with E-state index >= 15 is 0 Å². The predicted octanol–water partition coefficient (Wildman–Crippen LogP) is 10.3. The Morgan fingerprint density at radius 1 is 0.458 bits per heavy atom. The molecular formula is C43H32N2O2S. The molecule has 2 aliphatic heterocycles. The van der Waals surface area contributed by atoms with Crippen LogP contribution in [0, 0.1) is 0 Å². The lowest BCUT2D eigenvalue weighted by Gasteiger charge is -2.17. The fourth-order valence-electron chi connectivity index (χ4n) is 6.62. The summed E-state index contributed by atoms with van der Waals surface area (Å²) in [5.74, 6) is 0.643. The number of amidine groups is 1. The predicted molar refractivity (Wildman–Crippen MR) is 196 cm³/mol. The highest BCUT2D eigenvalue weighted by molar-refractivity contribution is 7.92. The molecule has 0 saturated carbocycles. The van der Waals surface area contributed by atoms with Gasteiger partial charge in [0, 0.05) is 22.3 Å². The number of aliphatic imine (C=N–C) groups is 2. The Morgan fingerprint density at radius 3 is 1.79 bits per heavy atom. The Morgan fingerprint density at radius 2 is 1.02 bits per heavy atom. The molecule has 6 aromatic carbocycles. The van der Waals surface area contributed by atoms with Crippen molar-refractivity contribution in [1.29, 1.82) is 0 Å². The molecule has 0 atom stereocenters. The van der Waals surface area contributed by atoms with Gasteiger partial charge in [0.1, 0.15) is 0 Å². The van der Waals surface area contributed by atoms with Crippen LogP contribution in [0.15, 0.2) is 177 Å². The molecule has 48 heavy (non-hydrogen) atoms. The molecule has 0 spiro atoms. The molecule has 0 aromatic heterocycles. The van der Waals surface area contributed by atoms with Crippen LogP contribution in [0.2, 0.25) is 0 Å². The van der Waals surface area contributed by atoms with E-state index in [4.69, 9.17) is 9.98 Å². The average Bonchev–Trinajstić information content (AvgIpc) is 3.36. The summed E-state index contributed by atoms with van der Waals surface area (Å²) < 4.78 is 26.5. The first-order valence-electron chi connectivity index (χ1n) is 16.1. The fourth-order valence-corrected chi connectivity index (χ4v) is 8.29. The molecule has 0 radical (unpaired) electrons. The van der Waals surface area contributed by atoms with Gasteiger partial charge in [0.05, 0.1) is 21.2 Å². The summed E-state index contributed by atoms with van der Waals surface area (Å²) in [6.45, 7) is 2.17. The molecule has 8 rings (SSSR count). The third kappa shape index (κ3) is 5.42. The zero-order valence-corrected chi connectivity index (χ0v) is 27.3. The number of benzene rings is 6. The second kappa shape index (κ2) is 12.2. The lowest BCUT2D eigenvalue weighted by molar-refractivity contribution is 0.598. The van der Waals surface area contributed by atoms with Gasteiger partial charge in [0.15, 0.2) is 5.84 Å². The molecule has 0 bridgehead atoms. The Balaban J connectivity index is 1.26. The summed E-state index contributed by atoms with van der Waals surface area (Å²) in [6.07, 6.45) is 1.63. The number of sulfone groups is 1. The van der Waals surface area contributed by atoms with Crippen molar-refractivity contribution in [2.24, 2.45) is 9.98 Å². The van der Waals surface area contributed by atoms with Gasteiger partial charge in [0.2, 0.25) is 9.84 Å². The van der Waals surface area contributed by atoms with Crippen LogP contribution in [0.4, 0.5) is 0 Å². The first-order chi connectivity index (χ1) is 23.5. The van der Waals surface area contributed by atoms with Crippen LogP contribution >= 0.6 is 0 Å². The molecule has 5 heteroatoms. The van der Waals surface area contributed by atoms with Gasteiger partial charge in [-0.05, 0) is 83.5 Å². The minimum absolute atomic E-state index is 0.355. The van der Waals surface area contributed by atoms with Crippen LogP contribution in [-0.2, 0) is 9.84 Å². The van der Waals surface area contributed by atoms with Crippen molar-refractivity contribution in [3.63, 3.8) is 0 Å². The summed E-state index contributed by atoms with van der Waals surface area (Å²) >= 11 is 0. The molecule has 0 N–H and O–H groups in total. The Labute approximate surface area is 281 Å². The maximum atomic E-state index is 13.2. The number of fused-ring (bicyclic) bond motifs is 3. The molecule has 0 saturated heterocycles. The van der Waals surface area contributed by atoms with Gasteiger partial charge in [-0.25, -0.2) is 18.4 Å². The van der Waals surface area contributed by atoms with Crippen molar-refractivity contribution in [3.8, 4) is 33.4 Å². The van der Waals surface area contributed by atoms with E-state index in [0.717, 1.165) is 74.3 Å². The van der Waals surface area contributed by atoms with Crippen LogP contribution < -0.4 is 0 Å². The van der Waals surface area contributed by atoms with Gasteiger partial charge >= 0.3 is 0 Å². The minimum Gasteiger partial charge on any atom is -0.232 e. The van der Waals surface area contributed by atoms with Gasteiger partial charge in [-0.3, -0.25) is 0 Å². The van der Waals surface area contributed by atoms with Gasteiger partial charge in [0.25, 0.3) is 0 Å². The molecule has 2 heterocycles. The normalized spacial score (nSPS) is 15.1. The molecule has 4 nitrogen and oxygen atoms in total. The van der Waals surface area contributed by atoms with Crippen molar-refractivity contribution in [1.82, 2.24) is 0 Å². The number of allylic oxidation sites excluding steroid dienone is 1. The van der Waals surface area contributed by atoms with E-state index in [0.29, 0.717) is 15.6 Å². The van der Waals surface area contributed by atoms with Crippen LogP contribution in [0.25, 0.3) is 39.1 Å². The van der Waals surface area contributed by atoms with E-state index in [9.17, 15) is 8.42 Å². The van der Waals surface area contributed by atoms with Gasteiger partial charge in [-0.15, -0.1) is 0 Å². The number of hydrogen-bond donors (Lipinski definition) is 0. The lowest BCUT2D eigenvalue weighted by atomic mass is 9.95. The highest BCUT2D eigenvalue weighted by Gasteiger charge is 2.32. The fraction of sp³-hybridized carbons (Fsp3) is 0.0698. The van der Waals surface area contributed by atoms with Crippen molar-refractivity contribution < 1.29 is 8.42 Å². The second-order valence-electron chi connectivity index (χ2n) is 12.2. The molecule has 0 amide bonds.